The first-order valence-electron chi connectivity index (χ1n) is 7.44. The number of benzene rings is 2. The maximum Gasteiger partial charge on any atom is 0.279 e. The molecule has 0 aliphatic heterocycles. The van der Waals surface area contributed by atoms with Gasteiger partial charge in [0.15, 0.2) is 35.8 Å². The molecule has 2 rings (SSSR count). The minimum atomic E-state index is -1.06. The van der Waals surface area contributed by atoms with Crippen molar-refractivity contribution in [3.05, 3.63) is 58.6 Å². The Hall–Kier alpha value is -2.68. The Bertz CT molecular complexity index is 804. The molecule has 0 spiro atoms. The van der Waals surface area contributed by atoms with Gasteiger partial charge in [-0.3, -0.25) is 20.4 Å². The molecule has 2 aromatic carbocycles. The number of carbonyl (C=O) groups is 2. The lowest BCUT2D eigenvalue weighted by molar-refractivity contribution is -0.133. The molecule has 0 bridgehead atoms. The van der Waals surface area contributed by atoms with Crippen LogP contribution in [-0.2, 0) is 9.59 Å². The van der Waals surface area contributed by atoms with Crippen molar-refractivity contribution in [3.8, 4) is 11.5 Å². The van der Waals surface area contributed by atoms with Crippen LogP contribution in [0.3, 0.4) is 0 Å². The largest absolute Gasteiger partial charge is 0.481 e. The van der Waals surface area contributed by atoms with Crippen LogP contribution in [0.2, 0.25) is 0 Å². The summed E-state index contributed by atoms with van der Waals surface area (Å²) in [7, 11) is 0. The number of amides is 2. The van der Waals surface area contributed by atoms with E-state index in [1.54, 1.807) is 12.1 Å². The molecule has 2 N–H and O–H groups in total. The number of carbonyl (C=O) groups excluding carboxylic acids is 2. The molecule has 2 amide bonds. The predicted molar refractivity (Wildman–Crippen MR) is 92.4 cm³/mol. The Morgan fingerprint density at radius 2 is 1.81 bits per heavy atom. The van der Waals surface area contributed by atoms with E-state index in [1.807, 2.05) is 0 Å². The Labute approximate surface area is 156 Å². The van der Waals surface area contributed by atoms with Crippen LogP contribution in [0.15, 0.2) is 46.9 Å². The molecule has 0 aliphatic carbocycles. The fourth-order valence-electron chi connectivity index (χ4n) is 1.79. The van der Waals surface area contributed by atoms with E-state index in [0.717, 1.165) is 0 Å². The van der Waals surface area contributed by atoms with Crippen LogP contribution in [0.25, 0.3) is 0 Å². The van der Waals surface area contributed by atoms with E-state index in [4.69, 9.17) is 9.47 Å². The van der Waals surface area contributed by atoms with Crippen molar-refractivity contribution in [2.75, 3.05) is 6.61 Å². The SMILES string of the molecule is CC(Oc1ccccc1F)C(=O)NNC(=O)COc1ccc(Br)cc1F. The Morgan fingerprint density at radius 1 is 1.08 bits per heavy atom. The number of ether oxygens (including phenoxy) is 2. The zero-order valence-corrected chi connectivity index (χ0v) is 15.2. The van der Waals surface area contributed by atoms with Gasteiger partial charge in [0.25, 0.3) is 11.8 Å². The molecule has 2 aromatic rings. The Kier molecular flexibility index (Phi) is 6.90. The molecule has 0 saturated heterocycles. The third kappa shape index (κ3) is 5.69. The van der Waals surface area contributed by atoms with Crippen molar-refractivity contribution in [2.45, 2.75) is 13.0 Å². The first-order chi connectivity index (χ1) is 12.4. The molecule has 9 heteroatoms. The fraction of sp³-hybridized carbons (Fsp3) is 0.176. The monoisotopic (exact) mass is 428 g/mol. The second-order valence-corrected chi connectivity index (χ2v) is 6.01. The van der Waals surface area contributed by atoms with E-state index in [9.17, 15) is 18.4 Å². The van der Waals surface area contributed by atoms with Crippen LogP contribution in [0.5, 0.6) is 11.5 Å². The van der Waals surface area contributed by atoms with E-state index in [-0.39, 0.29) is 11.5 Å². The Morgan fingerprint density at radius 3 is 2.50 bits per heavy atom. The zero-order chi connectivity index (χ0) is 19.1. The average Bonchev–Trinajstić information content (AvgIpc) is 2.60. The molecule has 0 radical (unpaired) electrons. The van der Waals surface area contributed by atoms with E-state index >= 15 is 0 Å². The molecule has 6 nitrogen and oxygen atoms in total. The predicted octanol–water partition coefficient (Wildman–Crippen LogP) is 2.72. The summed E-state index contributed by atoms with van der Waals surface area (Å²) >= 11 is 3.10. The van der Waals surface area contributed by atoms with Gasteiger partial charge in [-0.2, -0.15) is 0 Å². The number of hydrazine groups is 1. The van der Waals surface area contributed by atoms with Crippen LogP contribution >= 0.6 is 15.9 Å². The number of nitrogens with one attached hydrogen (secondary N) is 2. The van der Waals surface area contributed by atoms with Crippen LogP contribution < -0.4 is 20.3 Å². The normalized spacial score (nSPS) is 11.4. The lowest BCUT2D eigenvalue weighted by Crippen LogP contribution is -2.48. The summed E-state index contributed by atoms with van der Waals surface area (Å²) in [6.07, 6.45) is -1.06. The third-order valence-electron chi connectivity index (χ3n) is 3.09. The van der Waals surface area contributed by atoms with Crippen molar-refractivity contribution in [2.24, 2.45) is 0 Å². The van der Waals surface area contributed by atoms with E-state index in [1.165, 1.54) is 37.3 Å². The number of hydrogen-bond donors (Lipinski definition) is 2. The third-order valence-corrected chi connectivity index (χ3v) is 3.58. The number of halogens is 3. The summed E-state index contributed by atoms with van der Waals surface area (Å²) in [4.78, 5) is 23.5. The summed E-state index contributed by atoms with van der Waals surface area (Å²) in [5.41, 5.74) is 4.21. The molecule has 138 valence electrons. The number of rotatable bonds is 6. The van der Waals surface area contributed by atoms with Gasteiger partial charge >= 0.3 is 0 Å². The second kappa shape index (κ2) is 9.14. The van der Waals surface area contributed by atoms with Crippen molar-refractivity contribution in [3.63, 3.8) is 0 Å². The molecule has 1 unspecified atom stereocenters. The van der Waals surface area contributed by atoms with Crippen LogP contribution in [0.4, 0.5) is 8.78 Å². The minimum absolute atomic E-state index is 0.0875. The Balaban J connectivity index is 1.77. The zero-order valence-electron chi connectivity index (χ0n) is 13.6. The van der Waals surface area contributed by atoms with Crippen molar-refractivity contribution in [1.82, 2.24) is 10.9 Å². The van der Waals surface area contributed by atoms with Crippen LogP contribution in [0, 0.1) is 11.6 Å². The minimum Gasteiger partial charge on any atom is -0.481 e. The van der Waals surface area contributed by atoms with E-state index < -0.39 is 36.2 Å². The van der Waals surface area contributed by atoms with E-state index in [2.05, 4.69) is 26.8 Å². The summed E-state index contributed by atoms with van der Waals surface area (Å²) in [5.74, 6) is -2.85. The summed E-state index contributed by atoms with van der Waals surface area (Å²) < 4.78 is 37.7. The standard InChI is InChI=1S/C17H15BrF2N2O4/c1-10(26-15-5-3-2-4-12(15)19)17(24)22-21-16(23)9-25-14-7-6-11(18)8-13(14)20/h2-8,10H,9H2,1H3,(H,21,23)(H,22,24). The number of para-hydroxylation sites is 1. The highest BCUT2D eigenvalue weighted by Crippen LogP contribution is 2.21. The fourth-order valence-corrected chi connectivity index (χ4v) is 2.12. The van der Waals surface area contributed by atoms with E-state index in [0.29, 0.717) is 4.47 Å². The molecule has 0 aliphatic rings. The lowest BCUT2D eigenvalue weighted by atomic mass is 10.3. The maximum absolute atomic E-state index is 13.6. The highest BCUT2D eigenvalue weighted by atomic mass is 79.9. The topological polar surface area (TPSA) is 76.7 Å². The molecular weight excluding hydrogens is 414 g/mol. The van der Waals surface area contributed by atoms with Gasteiger partial charge in [-0.05, 0) is 37.3 Å². The molecule has 26 heavy (non-hydrogen) atoms. The van der Waals surface area contributed by atoms with Crippen LogP contribution in [-0.4, -0.2) is 24.5 Å². The first-order valence-corrected chi connectivity index (χ1v) is 8.24. The quantitative estimate of drug-likeness (QED) is 0.693. The molecule has 0 heterocycles. The first kappa shape index (κ1) is 19.6. The van der Waals surface area contributed by atoms with Gasteiger partial charge in [0, 0.05) is 4.47 Å². The highest BCUT2D eigenvalue weighted by Gasteiger charge is 2.17. The summed E-state index contributed by atoms with van der Waals surface area (Å²) in [5, 5.41) is 0. The van der Waals surface area contributed by atoms with Gasteiger partial charge < -0.3 is 9.47 Å². The van der Waals surface area contributed by atoms with Gasteiger partial charge in [-0.25, -0.2) is 8.78 Å². The van der Waals surface area contributed by atoms with Gasteiger partial charge in [0.05, 0.1) is 0 Å². The van der Waals surface area contributed by atoms with Gasteiger partial charge in [-0.15, -0.1) is 0 Å². The van der Waals surface area contributed by atoms with Crippen LogP contribution in [0.1, 0.15) is 6.92 Å². The highest BCUT2D eigenvalue weighted by molar-refractivity contribution is 9.10. The molecule has 0 aromatic heterocycles. The molecular formula is C17H15BrF2N2O4. The van der Waals surface area contributed by atoms with Gasteiger partial charge in [0.1, 0.15) is 0 Å². The van der Waals surface area contributed by atoms with Crippen molar-refractivity contribution < 1.29 is 27.8 Å². The summed E-state index contributed by atoms with van der Waals surface area (Å²) in [6, 6.07) is 9.72. The second-order valence-electron chi connectivity index (χ2n) is 5.09. The van der Waals surface area contributed by atoms with Crippen molar-refractivity contribution in [1.29, 1.82) is 0 Å². The molecule has 0 fully saturated rings. The van der Waals surface area contributed by atoms with Gasteiger partial charge in [0.2, 0.25) is 0 Å². The molecule has 1 atom stereocenters. The smallest absolute Gasteiger partial charge is 0.279 e. The molecule has 0 saturated carbocycles. The van der Waals surface area contributed by atoms with Crippen molar-refractivity contribution >= 4 is 27.7 Å². The van der Waals surface area contributed by atoms with Gasteiger partial charge in [-0.1, -0.05) is 28.1 Å². The summed E-state index contributed by atoms with van der Waals surface area (Å²) in [6.45, 7) is 0.878. The maximum atomic E-state index is 13.6. The average molecular weight is 429 g/mol. The lowest BCUT2D eigenvalue weighted by Gasteiger charge is -2.15. The number of hydrogen-bond acceptors (Lipinski definition) is 4.